The molecule has 1 aromatic carbocycles. The third kappa shape index (κ3) is 3.20. The van der Waals surface area contributed by atoms with Gasteiger partial charge in [0.05, 0.1) is 5.02 Å². The van der Waals surface area contributed by atoms with Crippen molar-refractivity contribution in [2.75, 3.05) is 5.32 Å². The Bertz CT molecular complexity index is 377. The van der Waals surface area contributed by atoms with Gasteiger partial charge >= 0.3 is 0 Å². The Morgan fingerprint density at radius 3 is 2.56 bits per heavy atom. The van der Waals surface area contributed by atoms with Crippen molar-refractivity contribution in [3.05, 3.63) is 29.0 Å². The summed E-state index contributed by atoms with van der Waals surface area (Å²) in [6.07, 6.45) is 1.58. The van der Waals surface area contributed by atoms with Crippen molar-refractivity contribution < 1.29 is 9.18 Å². The van der Waals surface area contributed by atoms with Crippen LogP contribution in [0, 0.1) is 11.7 Å². The van der Waals surface area contributed by atoms with Crippen LogP contribution in [0.3, 0.4) is 0 Å². The number of halogens is 2. The molecule has 88 valence electrons. The lowest BCUT2D eigenvalue weighted by Crippen LogP contribution is -2.21. The van der Waals surface area contributed by atoms with Crippen molar-refractivity contribution >= 4 is 23.2 Å². The fraction of sp³-hybridized carbons (Fsp3) is 0.417. The summed E-state index contributed by atoms with van der Waals surface area (Å²) >= 11 is 5.62. The molecule has 0 aromatic heterocycles. The monoisotopic (exact) mass is 243 g/mol. The van der Waals surface area contributed by atoms with Crippen LogP contribution in [0.5, 0.6) is 0 Å². The van der Waals surface area contributed by atoms with Crippen molar-refractivity contribution in [2.45, 2.75) is 26.7 Å². The lowest BCUT2D eigenvalue weighted by molar-refractivity contribution is -0.120. The van der Waals surface area contributed by atoms with Gasteiger partial charge in [-0.25, -0.2) is 4.39 Å². The van der Waals surface area contributed by atoms with Gasteiger partial charge in [-0.15, -0.1) is 0 Å². The second kappa shape index (κ2) is 5.85. The third-order valence-electron chi connectivity index (χ3n) is 2.54. The van der Waals surface area contributed by atoms with Gasteiger partial charge in [0.15, 0.2) is 0 Å². The Hall–Kier alpha value is -1.09. The average Bonchev–Trinajstić information content (AvgIpc) is 2.25. The van der Waals surface area contributed by atoms with Gasteiger partial charge in [0.25, 0.3) is 0 Å². The zero-order chi connectivity index (χ0) is 12.1. The van der Waals surface area contributed by atoms with E-state index in [1.165, 1.54) is 18.2 Å². The van der Waals surface area contributed by atoms with Gasteiger partial charge in [-0.2, -0.15) is 0 Å². The number of amides is 1. The van der Waals surface area contributed by atoms with E-state index >= 15 is 0 Å². The number of hydrogen-bond donors (Lipinski definition) is 1. The molecular formula is C12H15ClFNO. The van der Waals surface area contributed by atoms with Gasteiger partial charge in [-0.05, 0) is 31.0 Å². The Kier molecular flexibility index (Phi) is 4.74. The molecule has 0 atom stereocenters. The molecule has 1 rings (SSSR count). The van der Waals surface area contributed by atoms with Crippen LogP contribution in [0.25, 0.3) is 0 Å². The summed E-state index contributed by atoms with van der Waals surface area (Å²) in [6.45, 7) is 3.93. The molecule has 0 saturated heterocycles. The van der Waals surface area contributed by atoms with E-state index in [1.807, 2.05) is 13.8 Å². The number of hydrogen-bond acceptors (Lipinski definition) is 1. The molecule has 1 N–H and O–H groups in total. The van der Waals surface area contributed by atoms with Crippen LogP contribution in [0.15, 0.2) is 18.2 Å². The number of nitrogens with one attached hydrogen (secondary N) is 1. The van der Waals surface area contributed by atoms with Crippen LogP contribution < -0.4 is 5.32 Å². The predicted molar refractivity (Wildman–Crippen MR) is 64.1 cm³/mol. The first-order chi connectivity index (χ1) is 7.58. The minimum atomic E-state index is -0.484. The molecule has 0 saturated carbocycles. The summed E-state index contributed by atoms with van der Waals surface area (Å²) in [6, 6.07) is 4.16. The summed E-state index contributed by atoms with van der Waals surface area (Å²) in [5.41, 5.74) is 0.531. The summed E-state index contributed by atoms with van der Waals surface area (Å²) in [7, 11) is 0. The van der Waals surface area contributed by atoms with Crippen LogP contribution in [-0.2, 0) is 4.79 Å². The van der Waals surface area contributed by atoms with E-state index in [0.717, 1.165) is 12.8 Å². The van der Waals surface area contributed by atoms with E-state index in [4.69, 9.17) is 11.6 Å². The quantitative estimate of drug-likeness (QED) is 0.855. The summed E-state index contributed by atoms with van der Waals surface area (Å²) in [5.74, 6) is -0.543. The van der Waals surface area contributed by atoms with Crippen LogP contribution in [0.4, 0.5) is 10.1 Å². The molecular weight excluding hydrogens is 229 g/mol. The van der Waals surface area contributed by atoms with Crippen molar-refractivity contribution in [3.8, 4) is 0 Å². The van der Waals surface area contributed by atoms with E-state index in [2.05, 4.69) is 5.32 Å². The molecule has 2 nitrogen and oxygen atoms in total. The molecule has 16 heavy (non-hydrogen) atoms. The molecule has 0 unspecified atom stereocenters. The van der Waals surface area contributed by atoms with Gasteiger partial charge in [0.2, 0.25) is 5.91 Å². The van der Waals surface area contributed by atoms with Crippen molar-refractivity contribution in [1.82, 2.24) is 0 Å². The fourth-order valence-electron chi connectivity index (χ4n) is 1.48. The highest BCUT2D eigenvalue weighted by Gasteiger charge is 2.14. The molecule has 1 aromatic rings. The highest BCUT2D eigenvalue weighted by atomic mass is 35.5. The first-order valence-electron chi connectivity index (χ1n) is 5.34. The fourth-order valence-corrected chi connectivity index (χ4v) is 1.66. The maximum Gasteiger partial charge on any atom is 0.227 e. The number of carbonyl (C=O) groups is 1. The Morgan fingerprint density at radius 1 is 1.44 bits per heavy atom. The molecule has 0 aliphatic carbocycles. The van der Waals surface area contributed by atoms with E-state index in [0.29, 0.717) is 5.69 Å². The molecule has 0 radical (unpaired) electrons. The van der Waals surface area contributed by atoms with Crippen LogP contribution in [0.2, 0.25) is 5.02 Å². The van der Waals surface area contributed by atoms with E-state index in [1.54, 1.807) is 0 Å². The molecule has 0 spiro atoms. The second-order valence-corrected chi connectivity index (χ2v) is 4.04. The van der Waals surface area contributed by atoms with Gasteiger partial charge in [0, 0.05) is 11.6 Å². The lowest BCUT2D eigenvalue weighted by Gasteiger charge is -2.12. The predicted octanol–water partition coefficient (Wildman–Crippen LogP) is 3.85. The number of carbonyl (C=O) groups excluding carboxylic acids is 1. The molecule has 0 aliphatic rings. The number of anilines is 1. The maximum absolute atomic E-state index is 12.9. The number of benzene rings is 1. The molecule has 4 heteroatoms. The lowest BCUT2D eigenvalue weighted by atomic mass is 10.0. The molecule has 0 heterocycles. The second-order valence-electron chi connectivity index (χ2n) is 3.63. The first-order valence-corrected chi connectivity index (χ1v) is 5.72. The smallest absolute Gasteiger partial charge is 0.227 e. The van der Waals surface area contributed by atoms with E-state index < -0.39 is 5.82 Å². The Balaban J connectivity index is 2.73. The van der Waals surface area contributed by atoms with Gasteiger partial charge in [0.1, 0.15) is 5.82 Å². The van der Waals surface area contributed by atoms with Gasteiger partial charge in [-0.3, -0.25) is 4.79 Å². The number of rotatable bonds is 4. The topological polar surface area (TPSA) is 29.1 Å². The average molecular weight is 244 g/mol. The minimum Gasteiger partial charge on any atom is -0.326 e. The molecule has 0 bridgehead atoms. The normalized spacial score (nSPS) is 10.6. The van der Waals surface area contributed by atoms with Crippen molar-refractivity contribution in [3.63, 3.8) is 0 Å². The highest BCUT2D eigenvalue weighted by molar-refractivity contribution is 6.31. The van der Waals surface area contributed by atoms with Crippen molar-refractivity contribution in [1.29, 1.82) is 0 Å². The Labute approximate surface area is 99.8 Å². The van der Waals surface area contributed by atoms with Crippen LogP contribution in [-0.4, -0.2) is 5.91 Å². The summed E-state index contributed by atoms with van der Waals surface area (Å²) in [4.78, 5) is 11.7. The van der Waals surface area contributed by atoms with Crippen LogP contribution in [0.1, 0.15) is 26.7 Å². The molecule has 0 aliphatic heterocycles. The maximum atomic E-state index is 12.9. The van der Waals surface area contributed by atoms with E-state index in [9.17, 15) is 9.18 Å². The van der Waals surface area contributed by atoms with Crippen LogP contribution >= 0.6 is 11.6 Å². The first kappa shape index (κ1) is 13.0. The third-order valence-corrected chi connectivity index (χ3v) is 2.83. The molecule has 1 amide bonds. The summed E-state index contributed by atoms with van der Waals surface area (Å²) < 4.78 is 12.9. The zero-order valence-corrected chi connectivity index (χ0v) is 10.1. The van der Waals surface area contributed by atoms with Crippen molar-refractivity contribution in [2.24, 2.45) is 5.92 Å². The SMILES string of the molecule is CCC(CC)C(=O)Nc1ccc(F)c(Cl)c1. The van der Waals surface area contributed by atoms with E-state index in [-0.39, 0.29) is 16.8 Å². The standard InChI is InChI=1S/C12H15ClFNO/c1-3-8(4-2)12(16)15-9-5-6-11(14)10(13)7-9/h5-8H,3-4H2,1-2H3,(H,15,16). The minimum absolute atomic E-state index is 0.0103. The summed E-state index contributed by atoms with van der Waals surface area (Å²) in [5, 5.41) is 2.74. The highest BCUT2D eigenvalue weighted by Crippen LogP contribution is 2.20. The van der Waals surface area contributed by atoms with Gasteiger partial charge in [-0.1, -0.05) is 25.4 Å². The Morgan fingerprint density at radius 2 is 2.06 bits per heavy atom. The molecule has 0 fully saturated rings. The largest absolute Gasteiger partial charge is 0.326 e. The zero-order valence-electron chi connectivity index (χ0n) is 9.39. The van der Waals surface area contributed by atoms with Gasteiger partial charge < -0.3 is 5.32 Å².